The van der Waals surface area contributed by atoms with E-state index >= 15 is 0 Å². The number of amides is 1. The summed E-state index contributed by atoms with van der Waals surface area (Å²) < 4.78 is 10.7. The second kappa shape index (κ2) is 9.75. The summed E-state index contributed by atoms with van der Waals surface area (Å²) in [6, 6.07) is 23.1. The van der Waals surface area contributed by atoms with E-state index < -0.39 is 6.04 Å². The van der Waals surface area contributed by atoms with Crippen LogP contribution in [0.25, 0.3) is 11.1 Å². The molecule has 0 saturated carbocycles. The molecule has 1 atom stereocenters. The minimum atomic E-state index is -0.396. The number of hydrogen-bond acceptors (Lipinski definition) is 4. The fourth-order valence-electron chi connectivity index (χ4n) is 3.83. The maximum atomic E-state index is 13.4. The lowest BCUT2D eigenvalue weighted by Crippen LogP contribution is -2.45. The third-order valence-corrected chi connectivity index (χ3v) is 5.74. The van der Waals surface area contributed by atoms with E-state index in [0.717, 1.165) is 16.7 Å². The Kier molecular flexibility index (Phi) is 6.60. The van der Waals surface area contributed by atoms with Gasteiger partial charge in [0, 0.05) is 11.8 Å². The largest absolute Gasteiger partial charge is 0.497 e. The predicted molar refractivity (Wildman–Crippen MR) is 134 cm³/mol. The lowest BCUT2D eigenvalue weighted by atomic mass is 9.93. The highest BCUT2D eigenvalue weighted by molar-refractivity contribution is 7.80. The molecule has 0 spiro atoms. The first-order valence-electron chi connectivity index (χ1n) is 10.5. The minimum Gasteiger partial charge on any atom is -0.497 e. The molecule has 0 fully saturated rings. The van der Waals surface area contributed by atoms with E-state index in [1.54, 1.807) is 32.4 Å². The molecule has 1 amide bonds. The van der Waals surface area contributed by atoms with Crippen LogP contribution in [-0.2, 0) is 4.79 Å². The van der Waals surface area contributed by atoms with Gasteiger partial charge in [-0.2, -0.15) is 0 Å². The summed E-state index contributed by atoms with van der Waals surface area (Å²) in [5.41, 5.74) is 4.97. The fourth-order valence-corrected chi connectivity index (χ4v) is 4.11. The summed E-state index contributed by atoms with van der Waals surface area (Å²) in [7, 11) is 3.13. The number of methoxy groups -OCH3 is 2. The van der Waals surface area contributed by atoms with Crippen LogP contribution in [0.3, 0.4) is 0 Å². The molecule has 7 heteroatoms. The van der Waals surface area contributed by atoms with Crippen LogP contribution >= 0.6 is 12.2 Å². The van der Waals surface area contributed by atoms with Crippen LogP contribution in [0.15, 0.2) is 84.1 Å². The zero-order valence-corrected chi connectivity index (χ0v) is 19.5. The van der Waals surface area contributed by atoms with Crippen LogP contribution < -0.4 is 25.4 Å². The van der Waals surface area contributed by atoms with Crippen LogP contribution in [0.1, 0.15) is 18.5 Å². The van der Waals surface area contributed by atoms with E-state index in [0.29, 0.717) is 33.6 Å². The van der Waals surface area contributed by atoms with E-state index in [1.165, 1.54) is 0 Å². The third kappa shape index (κ3) is 4.83. The van der Waals surface area contributed by atoms with Gasteiger partial charge in [-0.15, -0.1) is 0 Å². The standard InChI is InChI=1S/C26H25N3O3S/c1-16-23(25(30)28-21-14-13-20(31-2)15-22(21)32-3)24(29-26(33)27-16)19-11-9-18(10-12-19)17-7-5-4-6-8-17/h4-15,24H,1-3H3,(H,28,30)(H2,27,29,33). The average Bonchev–Trinajstić information content (AvgIpc) is 2.84. The van der Waals surface area contributed by atoms with Gasteiger partial charge in [-0.3, -0.25) is 4.79 Å². The molecule has 4 rings (SSSR count). The highest BCUT2D eigenvalue weighted by Gasteiger charge is 2.30. The van der Waals surface area contributed by atoms with Crippen molar-refractivity contribution in [3.8, 4) is 22.6 Å². The summed E-state index contributed by atoms with van der Waals surface area (Å²) >= 11 is 5.38. The van der Waals surface area contributed by atoms with Gasteiger partial charge in [0.15, 0.2) is 5.11 Å². The third-order valence-electron chi connectivity index (χ3n) is 5.52. The number of benzene rings is 3. The summed E-state index contributed by atoms with van der Waals surface area (Å²) in [5.74, 6) is 0.899. The lowest BCUT2D eigenvalue weighted by Gasteiger charge is -2.30. The number of anilines is 1. The number of rotatable bonds is 6. The maximum absolute atomic E-state index is 13.4. The lowest BCUT2D eigenvalue weighted by molar-refractivity contribution is -0.113. The second-order valence-electron chi connectivity index (χ2n) is 7.58. The van der Waals surface area contributed by atoms with Crippen LogP contribution in [0, 0.1) is 0 Å². The second-order valence-corrected chi connectivity index (χ2v) is 7.99. The van der Waals surface area contributed by atoms with Gasteiger partial charge >= 0.3 is 0 Å². The number of hydrogen-bond donors (Lipinski definition) is 3. The maximum Gasteiger partial charge on any atom is 0.255 e. The van der Waals surface area contributed by atoms with Crippen molar-refractivity contribution in [1.82, 2.24) is 10.6 Å². The Balaban J connectivity index is 1.64. The van der Waals surface area contributed by atoms with Crippen LogP contribution in [0.4, 0.5) is 5.69 Å². The van der Waals surface area contributed by atoms with Crippen LogP contribution in [0.5, 0.6) is 11.5 Å². The first kappa shape index (κ1) is 22.4. The molecule has 0 aliphatic carbocycles. The molecule has 0 saturated heterocycles. The van der Waals surface area contributed by atoms with Crippen molar-refractivity contribution < 1.29 is 14.3 Å². The molecule has 168 valence electrons. The quantitative estimate of drug-likeness (QED) is 0.460. The topological polar surface area (TPSA) is 71.6 Å². The molecule has 0 bridgehead atoms. The number of carbonyl (C=O) groups excluding carboxylic acids is 1. The Morgan fingerprint density at radius 1 is 0.939 bits per heavy atom. The van der Waals surface area contributed by atoms with E-state index in [2.05, 4.69) is 40.2 Å². The average molecular weight is 460 g/mol. The summed E-state index contributed by atoms with van der Waals surface area (Å²) in [5, 5.41) is 9.74. The van der Waals surface area contributed by atoms with E-state index in [1.807, 2.05) is 37.3 Å². The zero-order valence-electron chi connectivity index (χ0n) is 18.6. The molecule has 3 N–H and O–H groups in total. The highest BCUT2D eigenvalue weighted by atomic mass is 32.1. The van der Waals surface area contributed by atoms with Crippen molar-refractivity contribution >= 4 is 28.9 Å². The molecule has 6 nitrogen and oxygen atoms in total. The molecule has 33 heavy (non-hydrogen) atoms. The number of thiocarbonyl (C=S) groups is 1. The molecule has 1 heterocycles. The van der Waals surface area contributed by atoms with Gasteiger partial charge in [-0.05, 0) is 48.0 Å². The van der Waals surface area contributed by atoms with Gasteiger partial charge in [-0.1, -0.05) is 54.6 Å². The molecular weight excluding hydrogens is 434 g/mol. The first-order valence-corrected chi connectivity index (χ1v) is 10.9. The number of carbonyl (C=O) groups is 1. The molecule has 3 aromatic rings. The molecular formula is C26H25N3O3S. The number of nitrogens with one attached hydrogen (secondary N) is 3. The van der Waals surface area contributed by atoms with Crippen molar-refractivity contribution in [1.29, 1.82) is 0 Å². The number of allylic oxidation sites excluding steroid dienone is 1. The highest BCUT2D eigenvalue weighted by Crippen LogP contribution is 2.33. The van der Waals surface area contributed by atoms with Crippen LogP contribution in [-0.4, -0.2) is 25.2 Å². The van der Waals surface area contributed by atoms with Gasteiger partial charge in [0.05, 0.1) is 31.5 Å². The summed E-state index contributed by atoms with van der Waals surface area (Å²) in [4.78, 5) is 13.4. The van der Waals surface area contributed by atoms with Crippen molar-refractivity contribution in [3.63, 3.8) is 0 Å². The minimum absolute atomic E-state index is 0.254. The Morgan fingerprint density at radius 3 is 2.30 bits per heavy atom. The van der Waals surface area contributed by atoms with Crippen LogP contribution in [0.2, 0.25) is 0 Å². The monoisotopic (exact) mass is 459 g/mol. The SMILES string of the molecule is COc1ccc(NC(=O)C2=C(C)NC(=S)NC2c2ccc(-c3ccccc3)cc2)c(OC)c1. The van der Waals surface area contributed by atoms with Gasteiger partial charge in [0.25, 0.3) is 5.91 Å². The van der Waals surface area contributed by atoms with Crippen molar-refractivity contribution in [2.75, 3.05) is 19.5 Å². The Hall–Kier alpha value is -3.84. The van der Waals surface area contributed by atoms with E-state index in [4.69, 9.17) is 21.7 Å². The predicted octanol–water partition coefficient (Wildman–Crippen LogP) is 4.80. The fraction of sp³-hybridized carbons (Fsp3) is 0.154. The molecule has 3 aromatic carbocycles. The summed E-state index contributed by atoms with van der Waals surface area (Å²) in [6.07, 6.45) is 0. The molecule has 1 unspecified atom stereocenters. The molecule has 1 aliphatic rings. The first-order chi connectivity index (χ1) is 16.0. The zero-order chi connectivity index (χ0) is 23.4. The summed E-state index contributed by atoms with van der Waals surface area (Å²) in [6.45, 7) is 1.85. The van der Waals surface area contributed by atoms with Gasteiger partial charge < -0.3 is 25.4 Å². The molecule has 1 aliphatic heterocycles. The van der Waals surface area contributed by atoms with Crippen molar-refractivity contribution in [2.45, 2.75) is 13.0 Å². The van der Waals surface area contributed by atoms with Gasteiger partial charge in [0.2, 0.25) is 0 Å². The normalized spacial score (nSPS) is 15.4. The van der Waals surface area contributed by atoms with Crippen molar-refractivity contribution in [2.24, 2.45) is 0 Å². The van der Waals surface area contributed by atoms with E-state index in [-0.39, 0.29) is 5.91 Å². The van der Waals surface area contributed by atoms with Crippen molar-refractivity contribution in [3.05, 3.63) is 89.6 Å². The Bertz CT molecular complexity index is 1210. The van der Waals surface area contributed by atoms with E-state index in [9.17, 15) is 4.79 Å². The smallest absolute Gasteiger partial charge is 0.255 e. The Labute approximate surface area is 198 Å². The Morgan fingerprint density at radius 2 is 1.64 bits per heavy atom. The number of ether oxygens (including phenoxy) is 2. The molecule has 0 radical (unpaired) electrons. The molecule has 0 aromatic heterocycles. The van der Waals surface area contributed by atoms with Gasteiger partial charge in [-0.25, -0.2) is 0 Å². The van der Waals surface area contributed by atoms with Gasteiger partial charge in [0.1, 0.15) is 11.5 Å².